The predicted molar refractivity (Wildman–Crippen MR) is 70.9 cm³/mol. The number of aryl methyl sites for hydroxylation is 1. The standard InChI is InChI=1S/C11H10Cl2N4/c1-17-5-4-14-11(17)7-15-16-10-6-8(12)2-3-9(10)13/h2-7,16H,1H3/b15-7+. The second-order valence-corrected chi connectivity index (χ2v) is 4.23. The third-order valence-electron chi connectivity index (χ3n) is 2.15. The van der Waals surface area contributed by atoms with E-state index in [0.717, 1.165) is 5.82 Å². The van der Waals surface area contributed by atoms with E-state index in [-0.39, 0.29) is 0 Å². The van der Waals surface area contributed by atoms with Crippen LogP contribution in [-0.2, 0) is 7.05 Å². The normalized spacial score (nSPS) is 11.0. The summed E-state index contributed by atoms with van der Waals surface area (Å²) in [6.07, 6.45) is 5.15. The lowest BCUT2D eigenvalue weighted by Crippen LogP contribution is -1.98. The summed E-state index contributed by atoms with van der Waals surface area (Å²) in [6, 6.07) is 5.14. The summed E-state index contributed by atoms with van der Waals surface area (Å²) in [6.45, 7) is 0. The predicted octanol–water partition coefficient (Wildman–Crippen LogP) is 3.17. The van der Waals surface area contributed by atoms with Crippen LogP contribution < -0.4 is 5.43 Å². The molecule has 0 unspecified atom stereocenters. The molecule has 0 aliphatic rings. The molecule has 0 fully saturated rings. The van der Waals surface area contributed by atoms with Crippen LogP contribution in [0.3, 0.4) is 0 Å². The van der Waals surface area contributed by atoms with Gasteiger partial charge in [-0.05, 0) is 18.2 Å². The average molecular weight is 269 g/mol. The Labute approximate surface area is 109 Å². The summed E-state index contributed by atoms with van der Waals surface area (Å²) in [7, 11) is 1.89. The first-order valence-corrected chi connectivity index (χ1v) is 5.64. The van der Waals surface area contributed by atoms with Crippen LogP contribution >= 0.6 is 23.2 Å². The van der Waals surface area contributed by atoms with Gasteiger partial charge < -0.3 is 4.57 Å². The maximum absolute atomic E-state index is 5.97. The number of hydrogen-bond donors (Lipinski definition) is 1. The fraction of sp³-hybridized carbons (Fsp3) is 0.0909. The minimum atomic E-state index is 0.561. The highest BCUT2D eigenvalue weighted by atomic mass is 35.5. The number of rotatable bonds is 3. The van der Waals surface area contributed by atoms with E-state index in [1.54, 1.807) is 30.6 Å². The van der Waals surface area contributed by atoms with Crippen molar-refractivity contribution >= 4 is 35.1 Å². The number of anilines is 1. The van der Waals surface area contributed by atoms with Crippen LogP contribution in [0.2, 0.25) is 10.0 Å². The maximum Gasteiger partial charge on any atom is 0.152 e. The van der Waals surface area contributed by atoms with E-state index in [2.05, 4.69) is 15.5 Å². The Kier molecular flexibility index (Phi) is 3.66. The average Bonchev–Trinajstić information content (AvgIpc) is 2.70. The Morgan fingerprint density at radius 3 is 2.94 bits per heavy atom. The first kappa shape index (κ1) is 12.0. The van der Waals surface area contributed by atoms with Gasteiger partial charge in [-0.2, -0.15) is 5.10 Å². The molecule has 0 radical (unpaired) electrons. The van der Waals surface area contributed by atoms with Crippen LogP contribution in [0, 0.1) is 0 Å². The van der Waals surface area contributed by atoms with Gasteiger partial charge in [0.1, 0.15) is 0 Å². The summed E-state index contributed by atoms with van der Waals surface area (Å²) in [5.41, 5.74) is 3.48. The molecule has 0 saturated heterocycles. The van der Waals surface area contributed by atoms with Crippen molar-refractivity contribution in [2.75, 3.05) is 5.43 Å². The second-order valence-electron chi connectivity index (χ2n) is 3.39. The molecular weight excluding hydrogens is 259 g/mol. The zero-order chi connectivity index (χ0) is 12.3. The summed E-state index contributed by atoms with van der Waals surface area (Å²) in [4.78, 5) is 4.10. The van der Waals surface area contributed by atoms with Crippen LogP contribution in [-0.4, -0.2) is 15.8 Å². The molecule has 88 valence electrons. The molecule has 0 atom stereocenters. The number of hydrazone groups is 1. The zero-order valence-electron chi connectivity index (χ0n) is 9.06. The topological polar surface area (TPSA) is 42.2 Å². The van der Waals surface area contributed by atoms with Crippen LogP contribution in [0.4, 0.5) is 5.69 Å². The SMILES string of the molecule is Cn1ccnc1/C=N/Nc1cc(Cl)ccc1Cl. The highest BCUT2D eigenvalue weighted by Gasteiger charge is 1.99. The first-order chi connectivity index (χ1) is 8.16. The molecule has 1 aromatic heterocycles. The quantitative estimate of drug-likeness (QED) is 0.686. The molecule has 1 heterocycles. The highest BCUT2D eigenvalue weighted by Crippen LogP contribution is 2.25. The second kappa shape index (κ2) is 5.21. The summed E-state index contributed by atoms with van der Waals surface area (Å²) in [5.74, 6) is 0.746. The minimum absolute atomic E-state index is 0.561. The molecule has 0 aliphatic carbocycles. The van der Waals surface area contributed by atoms with Gasteiger partial charge in [0.05, 0.1) is 16.9 Å². The third kappa shape index (κ3) is 2.99. The summed E-state index contributed by atoms with van der Waals surface area (Å²) in [5, 5.41) is 5.21. The van der Waals surface area contributed by atoms with E-state index < -0.39 is 0 Å². The lowest BCUT2D eigenvalue weighted by molar-refractivity contribution is 0.901. The molecule has 0 amide bonds. The van der Waals surface area contributed by atoms with Crippen molar-refractivity contribution in [3.05, 3.63) is 46.5 Å². The number of hydrogen-bond acceptors (Lipinski definition) is 3. The van der Waals surface area contributed by atoms with E-state index in [1.807, 2.05) is 17.8 Å². The van der Waals surface area contributed by atoms with Gasteiger partial charge in [-0.3, -0.25) is 5.43 Å². The van der Waals surface area contributed by atoms with Crippen molar-refractivity contribution < 1.29 is 0 Å². The molecule has 1 aromatic carbocycles. The molecule has 6 heteroatoms. The molecule has 2 aromatic rings. The molecular formula is C11H10Cl2N4. The first-order valence-electron chi connectivity index (χ1n) is 4.88. The van der Waals surface area contributed by atoms with Gasteiger partial charge in [0.25, 0.3) is 0 Å². The van der Waals surface area contributed by atoms with Gasteiger partial charge in [-0.1, -0.05) is 23.2 Å². The van der Waals surface area contributed by atoms with Crippen molar-refractivity contribution in [2.24, 2.45) is 12.1 Å². The van der Waals surface area contributed by atoms with Gasteiger partial charge in [0.2, 0.25) is 0 Å². The van der Waals surface area contributed by atoms with Crippen LogP contribution in [0.25, 0.3) is 0 Å². The van der Waals surface area contributed by atoms with Gasteiger partial charge in [0.15, 0.2) is 5.82 Å². The molecule has 0 aliphatic heterocycles. The Bertz CT molecular complexity index is 548. The lowest BCUT2D eigenvalue weighted by Gasteiger charge is -2.03. The van der Waals surface area contributed by atoms with Gasteiger partial charge in [0, 0.05) is 24.5 Å². The summed E-state index contributed by atoms with van der Waals surface area (Å²) >= 11 is 11.8. The number of nitrogens with zero attached hydrogens (tertiary/aromatic N) is 3. The van der Waals surface area contributed by atoms with Crippen molar-refractivity contribution in [3.8, 4) is 0 Å². The molecule has 1 N–H and O–H groups in total. The third-order valence-corrected chi connectivity index (χ3v) is 2.72. The van der Waals surface area contributed by atoms with Crippen LogP contribution in [0.15, 0.2) is 35.7 Å². The fourth-order valence-corrected chi connectivity index (χ4v) is 1.58. The number of halogens is 2. The van der Waals surface area contributed by atoms with E-state index in [1.165, 1.54) is 0 Å². The summed E-state index contributed by atoms with van der Waals surface area (Å²) < 4.78 is 1.85. The van der Waals surface area contributed by atoms with Crippen molar-refractivity contribution in [2.45, 2.75) is 0 Å². The number of benzene rings is 1. The van der Waals surface area contributed by atoms with Gasteiger partial charge in [-0.15, -0.1) is 0 Å². The van der Waals surface area contributed by atoms with E-state index in [9.17, 15) is 0 Å². The smallest absolute Gasteiger partial charge is 0.152 e. The molecule has 17 heavy (non-hydrogen) atoms. The Morgan fingerprint density at radius 1 is 1.41 bits per heavy atom. The lowest BCUT2D eigenvalue weighted by atomic mass is 10.3. The number of aromatic nitrogens is 2. The number of nitrogens with one attached hydrogen (secondary N) is 1. The van der Waals surface area contributed by atoms with E-state index >= 15 is 0 Å². The minimum Gasteiger partial charge on any atom is -0.333 e. The maximum atomic E-state index is 5.97. The molecule has 4 nitrogen and oxygen atoms in total. The Hall–Kier alpha value is -1.52. The molecule has 2 rings (SSSR count). The fourth-order valence-electron chi connectivity index (χ4n) is 1.24. The Morgan fingerprint density at radius 2 is 2.24 bits per heavy atom. The van der Waals surface area contributed by atoms with E-state index in [0.29, 0.717) is 15.7 Å². The van der Waals surface area contributed by atoms with E-state index in [4.69, 9.17) is 23.2 Å². The van der Waals surface area contributed by atoms with Crippen molar-refractivity contribution in [1.82, 2.24) is 9.55 Å². The Balaban J connectivity index is 2.10. The monoisotopic (exact) mass is 268 g/mol. The van der Waals surface area contributed by atoms with Crippen molar-refractivity contribution in [3.63, 3.8) is 0 Å². The number of imidazole rings is 1. The van der Waals surface area contributed by atoms with Crippen LogP contribution in [0.1, 0.15) is 5.82 Å². The molecule has 0 saturated carbocycles. The van der Waals surface area contributed by atoms with Crippen LogP contribution in [0.5, 0.6) is 0 Å². The van der Waals surface area contributed by atoms with Crippen molar-refractivity contribution in [1.29, 1.82) is 0 Å². The highest BCUT2D eigenvalue weighted by molar-refractivity contribution is 6.35. The van der Waals surface area contributed by atoms with Gasteiger partial charge >= 0.3 is 0 Å². The largest absolute Gasteiger partial charge is 0.333 e. The molecule has 0 bridgehead atoms. The zero-order valence-corrected chi connectivity index (χ0v) is 10.6. The molecule has 0 spiro atoms. The van der Waals surface area contributed by atoms with Gasteiger partial charge in [-0.25, -0.2) is 4.98 Å².